The fourth-order valence-electron chi connectivity index (χ4n) is 1.44. The molecule has 0 spiro atoms. The molecule has 0 atom stereocenters. The van der Waals surface area contributed by atoms with Gasteiger partial charge in [-0.1, -0.05) is 16.8 Å². The van der Waals surface area contributed by atoms with Gasteiger partial charge in [0.05, 0.1) is 10.6 Å². The van der Waals surface area contributed by atoms with Crippen LogP contribution in [0.5, 0.6) is 0 Å². The maximum atomic E-state index is 13.8. The van der Waals surface area contributed by atoms with Crippen LogP contribution in [0.1, 0.15) is 16.1 Å². The minimum Gasteiger partial charge on any atom is -0.476 e. The molecule has 4 nitrogen and oxygen atoms in total. The normalized spacial score (nSPS) is 10.7. The highest BCUT2D eigenvalue weighted by molar-refractivity contribution is 6.31. The van der Waals surface area contributed by atoms with Crippen LogP contribution >= 0.6 is 11.6 Å². The number of aryl methyl sites for hydroxylation is 1. The molecule has 1 heterocycles. The lowest BCUT2D eigenvalue weighted by molar-refractivity contribution is 0.0686. The van der Waals surface area contributed by atoms with Crippen LogP contribution in [0.4, 0.5) is 8.78 Å². The Morgan fingerprint density at radius 2 is 2.06 bits per heavy atom. The molecule has 1 N–H and O–H groups in total. The second kappa shape index (κ2) is 4.38. The number of carboxylic acid groups (broad SMARTS) is 1. The first-order chi connectivity index (χ1) is 8.41. The maximum Gasteiger partial charge on any atom is 0.358 e. The highest BCUT2D eigenvalue weighted by Gasteiger charge is 2.22. The van der Waals surface area contributed by atoms with E-state index < -0.39 is 28.9 Å². The van der Waals surface area contributed by atoms with Gasteiger partial charge in [-0.2, -0.15) is 0 Å². The molecule has 2 aromatic rings. The molecule has 1 aromatic carbocycles. The minimum absolute atomic E-state index is 0.115. The summed E-state index contributed by atoms with van der Waals surface area (Å²) < 4.78 is 32.2. The van der Waals surface area contributed by atoms with Crippen LogP contribution in [0.3, 0.4) is 0 Å². The average Bonchev–Trinajstić information content (AvgIpc) is 2.76. The third-order valence-corrected chi connectivity index (χ3v) is 2.59. The number of rotatable bonds is 2. The van der Waals surface area contributed by atoms with Gasteiger partial charge >= 0.3 is 5.97 Å². The van der Waals surface area contributed by atoms with Gasteiger partial charge < -0.3 is 9.63 Å². The Bertz CT molecular complexity index is 613. The summed E-state index contributed by atoms with van der Waals surface area (Å²) in [6.07, 6.45) is 0. The SMILES string of the molecule is Cc1cc(Cl)c(F)c(-c2cc(C(=O)O)no2)c1F. The molecule has 0 fully saturated rings. The quantitative estimate of drug-likeness (QED) is 0.853. The first kappa shape index (κ1) is 12.5. The van der Waals surface area contributed by atoms with E-state index in [1.54, 1.807) is 0 Å². The minimum atomic E-state index is -1.36. The molecule has 0 aliphatic carbocycles. The van der Waals surface area contributed by atoms with E-state index in [1.807, 2.05) is 0 Å². The van der Waals surface area contributed by atoms with Crippen LogP contribution in [0.15, 0.2) is 16.7 Å². The van der Waals surface area contributed by atoms with Gasteiger partial charge in [0.2, 0.25) is 0 Å². The Labute approximate surface area is 105 Å². The van der Waals surface area contributed by atoms with Crippen LogP contribution in [-0.2, 0) is 0 Å². The van der Waals surface area contributed by atoms with Crippen molar-refractivity contribution >= 4 is 17.6 Å². The number of nitrogens with zero attached hydrogens (tertiary/aromatic N) is 1. The number of hydrogen-bond acceptors (Lipinski definition) is 3. The number of aromatic nitrogens is 1. The maximum absolute atomic E-state index is 13.8. The van der Waals surface area contributed by atoms with E-state index in [2.05, 4.69) is 9.68 Å². The fraction of sp³-hybridized carbons (Fsp3) is 0.0909. The lowest BCUT2D eigenvalue weighted by Gasteiger charge is -2.05. The van der Waals surface area contributed by atoms with E-state index in [1.165, 1.54) is 6.92 Å². The zero-order valence-electron chi connectivity index (χ0n) is 9.00. The van der Waals surface area contributed by atoms with Crippen molar-refractivity contribution in [1.29, 1.82) is 0 Å². The van der Waals surface area contributed by atoms with Crippen molar-refractivity contribution in [3.05, 3.63) is 40.0 Å². The lowest BCUT2D eigenvalue weighted by Crippen LogP contribution is -1.95. The van der Waals surface area contributed by atoms with Gasteiger partial charge in [0.15, 0.2) is 17.3 Å². The molecule has 1 aromatic heterocycles. The van der Waals surface area contributed by atoms with Gasteiger partial charge in [0, 0.05) is 6.07 Å². The molecule has 94 valence electrons. The molecule has 0 amide bonds. The summed E-state index contributed by atoms with van der Waals surface area (Å²) in [5, 5.41) is 11.6. The Kier molecular flexibility index (Phi) is 3.04. The van der Waals surface area contributed by atoms with Crippen molar-refractivity contribution in [3.8, 4) is 11.3 Å². The number of carboxylic acids is 1. The molecule has 7 heteroatoms. The van der Waals surface area contributed by atoms with Gasteiger partial charge in [0.25, 0.3) is 0 Å². The van der Waals surface area contributed by atoms with E-state index in [4.69, 9.17) is 16.7 Å². The van der Waals surface area contributed by atoms with Crippen molar-refractivity contribution in [2.24, 2.45) is 0 Å². The van der Waals surface area contributed by atoms with Crippen molar-refractivity contribution in [2.45, 2.75) is 6.92 Å². The molecule has 0 aliphatic rings. The topological polar surface area (TPSA) is 63.3 Å². The zero-order valence-corrected chi connectivity index (χ0v) is 9.76. The first-order valence-electron chi connectivity index (χ1n) is 4.76. The molecule has 0 aliphatic heterocycles. The number of hydrogen-bond donors (Lipinski definition) is 1. The summed E-state index contributed by atoms with van der Waals surface area (Å²) in [4.78, 5) is 10.6. The Balaban J connectivity index is 2.66. The van der Waals surface area contributed by atoms with Crippen LogP contribution < -0.4 is 0 Å². The van der Waals surface area contributed by atoms with Crippen LogP contribution in [0.25, 0.3) is 11.3 Å². The summed E-state index contributed by atoms with van der Waals surface area (Å²) >= 11 is 5.59. The second-order valence-electron chi connectivity index (χ2n) is 3.56. The van der Waals surface area contributed by atoms with E-state index in [0.29, 0.717) is 0 Å². The summed E-state index contributed by atoms with van der Waals surface area (Å²) in [7, 11) is 0. The third-order valence-electron chi connectivity index (χ3n) is 2.31. The lowest BCUT2D eigenvalue weighted by atomic mass is 10.1. The predicted octanol–water partition coefficient (Wildman–Crippen LogP) is 3.28. The third kappa shape index (κ3) is 1.95. The molecule has 0 unspecified atom stereocenters. The van der Waals surface area contributed by atoms with Crippen molar-refractivity contribution in [3.63, 3.8) is 0 Å². The Morgan fingerprint density at radius 3 is 2.61 bits per heavy atom. The molecule has 0 saturated carbocycles. The van der Waals surface area contributed by atoms with Gasteiger partial charge in [-0.3, -0.25) is 0 Å². The summed E-state index contributed by atoms with van der Waals surface area (Å²) in [5.74, 6) is -3.57. The standard InChI is InChI=1S/C11H6ClF2NO3/c1-4-2-5(12)10(14)8(9(4)13)7-3-6(11(16)17)15-18-7/h2-3H,1H3,(H,16,17). The number of halogens is 3. The molecule has 0 bridgehead atoms. The zero-order chi connectivity index (χ0) is 13.4. The average molecular weight is 274 g/mol. The molecular formula is C11H6ClF2NO3. The van der Waals surface area contributed by atoms with Crippen LogP contribution in [-0.4, -0.2) is 16.2 Å². The molecule has 18 heavy (non-hydrogen) atoms. The smallest absolute Gasteiger partial charge is 0.358 e. The van der Waals surface area contributed by atoms with Crippen molar-refractivity contribution in [1.82, 2.24) is 5.16 Å². The Morgan fingerprint density at radius 1 is 1.39 bits per heavy atom. The van der Waals surface area contributed by atoms with Gasteiger partial charge in [-0.05, 0) is 18.6 Å². The number of aromatic carboxylic acids is 1. The monoisotopic (exact) mass is 273 g/mol. The fourth-order valence-corrected chi connectivity index (χ4v) is 1.70. The second-order valence-corrected chi connectivity index (χ2v) is 3.97. The van der Waals surface area contributed by atoms with Gasteiger partial charge in [-0.15, -0.1) is 0 Å². The molecular weight excluding hydrogens is 268 g/mol. The van der Waals surface area contributed by atoms with Crippen molar-refractivity contribution in [2.75, 3.05) is 0 Å². The van der Waals surface area contributed by atoms with E-state index >= 15 is 0 Å². The van der Waals surface area contributed by atoms with Crippen LogP contribution in [0, 0.1) is 18.6 Å². The van der Waals surface area contributed by atoms with Crippen molar-refractivity contribution < 1.29 is 23.2 Å². The molecule has 0 radical (unpaired) electrons. The number of carbonyl (C=O) groups is 1. The summed E-state index contributed by atoms with van der Waals surface area (Å²) in [6.45, 7) is 1.40. The number of benzene rings is 1. The van der Waals surface area contributed by atoms with E-state index in [-0.39, 0.29) is 16.3 Å². The van der Waals surface area contributed by atoms with E-state index in [0.717, 1.165) is 12.1 Å². The summed E-state index contributed by atoms with van der Waals surface area (Å²) in [5.41, 5.74) is -0.855. The van der Waals surface area contributed by atoms with E-state index in [9.17, 15) is 13.6 Å². The molecule has 0 saturated heterocycles. The van der Waals surface area contributed by atoms with Crippen LogP contribution in [0.2, 0.25) is 5.02 Å². The van der Waals surface area contributed by atoms with Gasteiger partial charge in [0.1, 0.15) is 5.82 Å². The first-order valence-corrected chi connectivity index (χ1v) is 5.14. The van der Waals surface area contributed by atoms with Gasteiger partial charge in [-0.25, -0.2) is 13.6 Å². The highest BCUT2D eigenvalue weighted by Crippen LogP contribution is 2.32. The summed E-state index contributed by atoms with van der Waals surface area (Å²) in [6, 6.07) is 2.06. The molecule has 2 rings (SSSR count). The largest absolute Gasteiger partial charge is 0.476 e. The predicted molar refractivity (Wildman–Crippen MR) is 58.6 cm³/mol. The Hall–Kier alpha value is -1.95. The highest BCUT2D eigenvalue weighted by atomic mass is 35.5.